The fourth-order valence-corrected chi connectivity index (χ4v) is 2.89. The van der Waals surface area contributed by atoms with Crippen molar-refractivity contribution in [3.63, 3.8) is 0 Å². The van der Waals surface area contributed by atoms with Gasteiger partial charge in [0.05, 0.1) is 38.7 Å². The van der Waals surface area contributed by atoms with Crippen molar-refractivity contribution in [2.24, 2.45) is 0 Å². The quantitative estimate of drug-likeness (QED) is 0.685. The molecule has 23 heavy (non-hydrogen) atoms. The van der Waals surface area contributed by atoms with Crippen LogP contribution in [0.4, 0.5) is 0 Å². The molecule has 2 aromatic heterocycles. The van der Waals surface area contributed by atoms with E-state index in [0.29, 0.717) is 11.1 Å². The third kappa shape index (κ3) is 3.37. The topological polar surface area (TPSA) is 65.0 Å². The highest BCUT2D eigenvalue weighted by Crippen LogP contribution is 2.16. The lowest BCUT2D eigenvalue weighted by molar-refractivity contribution is 0.0468. The average molecular weight is 327 g/mol. The maximum atomic E-state index is 12.2. The van der Waals surface area contributed by atoms with E-state index in [1.807, 2.05) is 19.2 Å². The smallest absolute Gasteiger partial charge is 0.338 e. The summed E-state index contributed by atoms with van der Waals surface area (Å²) in [5, 5.41) is 2.97. The molecule has 0 radical (unpaired) electrons. The van der Waals surface area contributed by atoms with E-state index in [0.717, 1.165) is 34.0 Å². The highest BCUT2D eigenvalue weighted by molar-refractivity contribution is 7.09. The molecule has 0 fully saturated rings. The van der Waals surface area contributed by atoms with Gasteiger partial charge in [0.1, 0.15) is 6.61 Å². The number of thiazole rings is 1. The molecule has 0 atom stereocenters. The lowest BCUT2D eigenvalue weighted by Crippen LogP contribution is -2.06. The minimum atomic E-state index is -0.377. The van der Waals surface area contributed by atoms with Crippen LogP contribution in [0.2, 0.25) is 0 Å². The van der Waals surface area contributed by atoms with Crippen molar-refractivity contribution >= 4 is 28.3 Å². The number of hydrogen-bond acceptors (Lipinski definition) is 6. The molecule has 3 rings (SSSR count). The standard InChI is InChI=1S/C17H17N3O2S/c1-4-16-20-13(9-23-16)8-22-17(21)12-5-6-14-15(7-12)19-11(3)10(2)18-14/h5-7,9H,4,8H2,1-3H3. The second kappa shape index (κ2) is 6.42. The first-order valence-corrected chi connectivity index (χ1v) is 8.30. The van der Waals surface area contributed by atoms with E-state index < -0.39 is 0 Å². The van der Waals surface area contributed by atoms with Crippen molar-refractivity contribution in [2.45, 2.75) is 33.8 Å². The van der Waals surface area contributed by atoms with Crippen molar-refractivity contribution in [2.75, 3.05) is 0 Å². The molecule has 118 valence electrons. The number of aryl methyl sites for hydroxylation is 3. The first kappa shape index (κ1) is 15.6. The molecule has 0 saturated heterocycles. The van der Waals surface area contributed by atoms with E-state index in [1.165, 1.54) is 0 Å². The number of esters is 1. The third-order valence-corrected chi connectivity index (χ3v) is 4.61. The SMILES string of the molecule is CCc1nc(COC(=O)c2ccc3nc(C)c(C)nc3c2)cs1. The number of ether oxygens (including phenoxy) is 1. The van der Waals surface area contributed by atoms with Crippen LogP contribution in [0.3, 0.4) is 0 Å². The molecule has 0 aliphatic heterocycles. The lowest BCUT2D eigenvalue weighted by atomic mass is 10.2. The summed E-state index contributed by atoms with van der Waals surface area (Å²) in [4.78, 5) is 25.5. The van der Waals surface area contributed by atoms with Gasteiger partial charge in [-0.15, -0.1) is 11.3 Å². The van der Waals surface area contributed by atoms with Gasteiger partial charge in [0.2, 0.25) is 0 Å². The first-order valence-electron chi connectivity index (χ1n) is 7.42. The van der Waals surface area contributed by atoms with Gasteiger partial charge in [-0.05, 0) is 38.5 Å². The molecular formula is C17H17N3O2S. The number of hydrogen-bond donors (Lipinski definition) is 0. The van der Waals surface area contributed by atoms with E-state index in [-0.39, 0.29) is 12.6 Å². The summed E-state index contributed by atoms with van der Waals surface area (Å²) in [5.74, 6) is -0.377. The molecule has 6 heteroatoms. The maximum absolute atomic E-state index is 12.2. The fraction of sp³-hybridized carbons (Fsp3) is 0.294. The minimum absolute atomic E-state index is 0.186. The van der Waals surface area contributed by atoms with Gasteiger partial charge in [0.25, 0.3) is 0 Å². The van der Waals surface area contributed by atoms with E-state index in [1.54, 1.807) is 29.5 Å². The Kier molecular flexibility index (Phi) is 4.34. The summed E-state index contributed by atoms with van der Waals surface area (Å²) < 4.78 is 5.33. The molecule has 0 amide bonds. The number of carbonyl (C=O) groups is 1. The Morgan fingerprint density at radius 1 is 1.13 bits per heavy atom. The van der Waals surface area contributed by atoms with Gasteiger partial charge in [0, 0.05) is 5.38 Å². The van der Waals surface area contributed by atoms with E-state index in [9.17, 15) is 4.79 Å². The van der Waals surface area contributed by atoms with Crippen LogP contribution < -0.4 is 0 Å². The second-order valence-electron chi connectivity index (χ2n) is 5.26. The van der Waals surface area contributed by atoms with Gasteiger partial charge in [-0.25, -0.2) is 19.7 Å². The number of benzene rings is 1. The van der Waals surface area contributed by atoms with Crippen LogP contribution in [0, 0.1) is 13.8 Å². The van der Waals surface area contributed by atoms with Gasteiger partial charge < -0.3 is 4.74 Å². The molecule has 2 heterocycles. The minimum Gasteiger partial charge on any atom is -0.456 e. The molecule has 0 aliphatic rings. The highest BCUT2D eigenvalue weighted by atomic mass is 32.1. The monoisotopic (exact) mass is 327 g/mol. The van der Waals surface area contributed by atoms with Crippen molar-refractivity contribution < 1.29 is 9.53 Å². The van der Waals surface area contributed by atoms with Gasteiger partial charge >= 0.3 is 5.97 Å². The number of rotatable bonds is 4. The van der Waals surface area contributed by atoms with Gasteiger partial charge in [0.15, 0.2) is 0 Å². The zero-order valence-corrected chi connectivity index (χ0v) is 14.1. The number of fused-ring (bicyclic) bond motifs is 1. The van der Waals surface area contributed by atoms with Crippen molar-refractivity contribution in [1.29, 1.82) is 0 Å². The summed E-state index contributed by atoms with van der Waals surface area (Å²) in [5.41, 5.74) is 4.48. The summed E-state index contributed by atoms with van der Waals surface area (Å²) in [6.45, 7) is 6.06. The molecule has 0 aliphatic carbocycles. The van der Waals surface area contributed by atoms with Gasteiger partial charge in [-0.1, -0.05) is 6.92 Å². The second-order valence-corrected chi connectivity index (χ2v) is 6.20. The Morgan fingerprint density at radius 2 is 1.87 bits per heavy atom. The van der Waals surface area contributed by atoms with E-state index >= 15 is 0 Å². The number of nitrogens with zero attached hydrogens (tertiary/aromatic N) is 3. The Labute approximate surface area is 138 Å². The van der Waals surface area contributed by atoms with Gasteiger partial charge in [-0.2, -0.15) is 0 Å². The molecule has 0 unspecified atom stereocenters. The lowest BCUT2D eigenvalue weighted by Gasteiger charge is -2.06. The third-order valence-electron chi connectivity index (χ3n) is 3.56. The van der Waals surface area contributed by atoms with Crippen molar-refractivity contribution in [3.05, 3.63) is 51.2 Å². The predicted molar refractivity (Wildman–Crippen MR) is 89.6 cm³/mol. The molecule has 1 aromatic carbocycles. The first-order chi connectivity index (χ1) is 11.1. The Bertz CT molecular complexity index is 873. The molecular weight excluding hydrogens is 310 g/mol. The zero-order valence-electron chi connectivity index (χ0n) is 13.3. The van der Waals surface area contributed by atoms with Crippen molar-refractivity contribution in [3.8, 4) is 0 Å². The van der Waals surface area contributed by atoms with Crippen LogP contribution in [0.5, 0.6) is 0 Å². The van der Waals surface area contributed by atoms with Crippen molar-refractivity contribution in [1.82, 2.24) is 15.0 Å². The van der Waals surface area contributed by atoms with Crippen LogP contribution in [0.1, 0.15) is 39.4 Å². The Hall–Kier alpha value is -2.34. The summed E-state index contributed by atoms with van der Waals surface area (Å²) in [7, 11) is 0. The fourth-order valence-electron chi connectivity index (χ4n) is 2.16. The predicted octanol–water partition coefficient (Wildman–Crippen LogP) is 3.62. The summed E-state index contributed by atoms with van der Waals surface area (Å²) >= 11 is 1.58. The highest BCUT2D eigenvalue weighted by Gasteiger charge is 2.11. The van der Waals surface area contributed by atoms with Crippen LogP contribution in [0.25, 0.3) is 11.0 Å². The summed E-state index contributed by atoms with van der Waals surface area (Å²) in [6.07, 6.45) is 0.890. The molecule has 5 nitrogen and oxygen atoms in total. The number of aromatic nitrogens is 3. The normalized spacial score (nSPS) is 10.9. The number of carbonyl (C=O) groups excluding carboxylic acids is 1. The van der Waals surface area contributed by atoms with Crippen LogP contribution in [0.15, 0.2) is 23.6 Å². The largest absolute Gasteiger partial charge is 0.456 e. The maximum Gasteiger partial charge on any atom is 0.338 e. The Balaban J connectivity index is 1.76. The van der Waals surface area contributed by atoms with E-state index in [4.69, 9.17) is 4.74 Å². The summed E-state index contributed by atoms with van der Waals surface area (Å²) in [6, 6.07) is 5.23. The molecule has 0 N–H and O–H groups in total. The molecule has 0 spiro atoms. The van der Waals surface area contributed by atoms with Crippen LogP contribution >= 0.6 is 11.3 Å². The molecule has 3 aromatic rings. The van der Waals surface area contributed by atoms with E-state index in [2.05, 4.69) is 21.9 Å². The van der Waals surface area contributed by atoms with Gasteiger partial charge in [-0.3, -0.25) is 0 Å². The van der Waals surface area contributed by atoms with Crippen LogP contribution in [-0.4, -0.2) is 20.9 Å². The molecule has 0 saturated carbocycles. The average Bonchev–Trinajstić information content (AvgIpc) is 3.01. The van der Waals surface area contributed by atoms with Crippen LogP contribution in [-0.2, 0) is 17.8 Å². The Morgan fingerprint density at radius 3 is 2.57 bits per heavy atom. The molecule has 0 bridgehead atoms. The zero-order chi connectivity index (χ0) is 16.4.